The van der Waals surface area contributed by atoms with E-state index in [0.29, 0.717) is 5.56 Å². The number of hydrogen-bond donors (Lipinski definition) is 0. The highest BCUT2D eigenvalue weighted by Gasteiger charge is 2.07. The molecule has 0 saturated heterocycles. The molecular formula is C24H26FN. The first-order valence-corrected chi connectivity index (χ1v) is 9.55. The summed E-state index contributed by atoms with van der Waals surface area (Å²) in [6, 6.07) is 17.8. The van der Waals surface area contributed by atoms with Gasteiger partial charge in [-0.15, -0.1) is 0 Å². The number of nitrogens with zero attached hydrogens (tertiary/aromatic N) is 1. The third-order valence-corrected chi connectivity index (χ3v) is 4.71. The van der Waals surface area contributed by atoms with Crippen LogP contribution < -0.4 is 0 Å². The Labute approximate surface area is 155 Å². The smallest absolute Gasteiger partial charge is 0.131 e. The Morgan fingerprint density at radius 2 is 1.50 bits per heavy atom. The zero-order valence-electron chi connectivity index (χ0n) is 15.6. The lowest BCUT2D eigenvalue weighted by Gasteiger charge is -2.08. The second-order valence-corrected chi connectivity index (χ2v) is 6.78. The normalized spacial score (nSPS) is 10.9. The topological polar surface area (TPSA) is 12.9 Å². The van der Waals surface area contributed by atoms with Gasteiger partial charge in [-0.05, 0) is 48.1 Å². The van der Waals surface area contributed by atoms with E-state index in [-0.39, 0.29) is 5.82 Å². The van der Waals surface area contributed by atoms with Crippen molar-refractivity contribution in [3.63, 3.8) is 0 Å². The van der Waals surface area contributed by atoms with Crippen LogP contribution in [0.2, 0.25) is 0 Å². The van der Waals surface area contributed by atoms with Gasteiger partial charge in [0, 0.05) is 23.0 Å². The van der Waals surface area contributed by atoms with Gasteiger partial charge in [0.05, 0.1) is 0 Å². The highest BCUT2D eigenvalue weighted by atomic mass is 19.1. The molecule has 0 amide bonds. The Balaban J connectivity index is 1.78. The van der Waals surface area contributed by atoms with E-state index in [1.165, 1.54) is 12.8 Å². The Hall–Kier alpha value is -2.48. The molecule has 3 aromatic rings. The van der Waals surface area contributed by atoms with E-state index in [9.17, 15) is 4.39 Å². The van der Waals surface area contributed by atoms with E-state index >= 15 is 0 Å². The summed E-state index contributed by atoms with van der Waals surface area (Å²) in [4.78, 5) is 4.55. The van der Waals surface area contributed by atoms with Crippen LogP contribution >= 0.6 is 0 Å². The first kappa shape index (κ1) is 18.3. The molecule has 0 saturated carbocycles. The maximum absolute atomic E-state index is 14.4. The van der Waals surface area contributed by atoms with Crippen molar-refractivity contribution in [1.29, 1.82) is 0 Å². The zero-order chi connectivity index (χ0) is 18.4. The number of rotatable bonds is 7. The molecule has 0 fully saturated rings. The number of hydrogen-bond acceptors (Lipinski definition) is 1. The summed E-state index contributed by atoms with van der Waals surface area (Å²) in [5.74, 6) is -0.148. The highest BCUT2D eigenvalue weighted by Crippen LogP contribution is 2.27. The van der Waals surface area contributed by atoms with E-state index in [2.05, 4.69) is 31.0 Å². The molecule has 3 rings (SSSR count). The van der Waals surface area contributed by atoms with Crippen LogP contribution in [0.4, 0.5) is 4.39 Å². The minimum absolute atomic E-state index is 0.148. The fourth-order valence-corrected chi connectivity index (χ4v) is 3.18. The molecule has 1 nitrogen and oxygen atoms in total. The third kappa shape index (κ3) is 4.37. The van der Waals surface area contributed by atoms with Crippen molar-refractivity contribution in [3.05, 3.63) is 77.9 Å². The molecular weight excluding hydrogens is 321 g/mol. The van der Waals surface area contributed by atoms with Crippen LogP contribution in [0.3, 0.4) is 0 Å². The van der Waals surface area contributed by atoms with Gasteiger partial charge in [0.1, 0.15) is 5.82 Å². The molecule has 0 radical (unpaired) electrons. The molecule has 0 N–H and O–H groups in total. The SMILES string of the molecule is CCCCc1ccc(-c2ccc(-c3ccc(CCC)cc3F)cc2)cn1. The molecule has 1 heterocycles. The van der Waals surface area contributed by atoms with Gasteiger partial charge in [0.15, 0.2) is 0 Å². The van der Waals surface area contributed by atoms with Gasteiger partial charge in [-0.25, -0.2) is 4.39 Å². The summed E-state index contributed by atoms with van der Waals surface area (Å²) in [6.45, 7) is 4.30. The Morgan fingerprint density at radius 3 is 2.12 bits per heavy atom. The van der Waals surface area contributed by atoms with Gasteiger partial charge >= 0.3 is 0 Å². The van der Waals surface area contributed by atoms with Crippen LogP contribution in [0.1, 0.15) is 44.4 Å². The molecule has 0 unspecified atom stereocenters. The van der Waals surface area contributed by atoms with Crippen LogP contribution in [0.5, 0.6) is 0 Å². The van der Waals surface area contributed by atoms with Crippen LogP contribution in [-0.4, -0.2) is 4.98 Å². The number of aryl methyl sites for hydroxylation is 2. The predicted molar refractivity (Wildman–Crippen MR) is 108 cm³/mol. The Bertz CT molecular complexity index is 835. The van der Waals surface area contributed by atoms with Crippen molar-refractivity contribution >= 4 is 0 Å². The van der Waals surface area contributed by atoms with Crippen LogP contribution in [0, 0.1) is 5.82 Å². The summed E-state index contributed by atoms with van der Waals surface area (Å²) >= 11 is 0. The quantitative estimate of drug-likeness (QED) is 0.455. The minimum atomic E-state index is -0.148. The number of halogens is 1. The van der Waals surface area contributed by atoms with Crippen LogP contribution in [0.15, 0.2) is 60.8 Å². The lowest BCUT2D eigenvalue weighted by Crippen LogP contribution is -1.91. The largest absolute Gasteiger partial charge is 0.261 e. The third-order valence-electron chi connectivity index (χ3n) is 4.71. The summed E-state index contributed by atoms with van der Waals surface area (Å²) in [5.41, 5.74) is 5.95. The van der Waals surface area contributed by atoms with E-state index < -0.39 is 0 Å². The molecule has 26 heavy (non-hydrogen) atoms. The maximum Gasteiger partial charge on any atom is 0.131 e. The van der Waals surface area contributed by atoms with Crippen molar-refractivity contribution in [3.8, 4) is 22.3 Å². The first-order chi connectivity index (χ1) is 12.7. The first-order valence-electron chi connectivity index (χ1n) is 9.55. The highest BCUT2D eigenvalue weighted by molar-refractivity contribution is 5.70. The van der Waals surface area contributed by atoms with Crippen molar-refractivity contribution in [1.82, 2.24) is 4.98 Å². The lowest BCUT2D eigenvalue weighted by molar-refractivity contribution is 0.628. The number of benzene rings is 2. The molecule has 1 aromatic heterocycles. The molecule has 0 aliphatic heterocycles. The lowest BCUT2D eigenvalue weighted by atomic mass is 9.99. The minimum Gasteiger partial charge on any atom is -0.261 e. The van der Waals surface area contributed by atoms with Gasteiger partial charge in [-0.1, -0.05) is 69.2 Å². The zero-order valence-corrected chi connectivity index (χ0v) is 15.6. The Kier molecular flexibility index (Phi) is 6.17. The van der Waals surface area contributed by atoms with Crippen LogP contribution in [0.25, 0.3) is 22.3 Å². The second kappa shape index (κ2) is 8.75. The summed E-state index contributed by atoms with van der Waals surface area (Å²) in [7, 11) is 0. The van der Waals surface area contributed by atoms with Crippen LogP contribution in [-0.2, 0) is 12.8 Å². The van der Waals surface area contributed by atoms with E-state index in [1.807, 2.05) is 42.6 Å². The van der Waals surface area contributed by atoms with Crippen molar-refractivity contribution in [2.24, 2.45) is 0 Å². The van der Waals surface area contributed by atoms with Crippen molar-refractivity contribution in [2.45, 2.75) is 46.0 Å². The van der Waals surface area contributed by atoms with Gasteiger partial charge in [-0.3, -0.25) is 4.98 Å². The monoisotopic (exact) mass is 347 g/mol. The number of pyridine rings is 1. The molecule has 0 bridgehead atoms. The molecule has 0 atom stereocenters. The predicted octanol–water partition coefficient (Wildman–Crippen LogP) is 6.85. The van der Waals surface area contributed by atoms with Gasteiger partial charge in [0.2, 0.25) is 0 Å². The van der Waals surface area contributed by atoms with Crippen molar-refractivity contribution in [2.75, 3.05) is 0 Å². The summed E-state index contributed by atoms with van der Waals surface area (Å²) < 4.78 is 14.4. The average molecular weight is 347 g/mol. The summed E-state index contributed by atoms with van der Waals surface area (Å²) in [5, 5.41) is 0. The summed E-state index contributed by atoms with van der Waals surface area (Å²) in [6.07, 6.45) is 7.25. The number of aromatic nitrogens is 1. The standard InChI is InChI=1S/C24H26FN/c1-3-5-7-22-14-13-21(17-26-22)19-9-11-20(12-10-19)23-15-8-18(6-4-2)16-24(23)25/h8-17H,3-7H2,1-2H3. The second-order valence-electron chi connectivity index (χ2n) is 6.78. The fourth-order valence-electron chi connectivity index (χ4n) is 3.18. The molecule has 2 aromatic carbocycles. The van der Waals surface area contributed by atoms with Gasteiger partial charge in [-0.2, -0.15) is 0 Å². The van der Waals surface area contributed by atoms with Gasteiger partial charge in [0.25, 0.3) is 0 Å². The maximum atomic E-state index is 14.4. The fraction of sp³-hybridized carbons (Fsp3) is 0.292. The van der Waals surface area contributed by atoms with E-state index in [4.69, 9.17) is 0 Å². The van der Waals surface area contributed by atoms with Crippen molar-refractivity contribution < 1.29 is 4.39 Å². The van der Waals surface area contributed by atoms with Gasteiger partial charge < -0.3 is 0 Å². The van der Waals surface area contributed by atoms with E-state index in [1.54, 1.807) is 6.07 Å². The molecule has 0 aliphatic carbocycles. The average Bonchev–Trinajstić information content (AvgIpc) is 2.67. The molecule has 134 valence electrons. The van der Waals surface area contributed by atoms with E-state index in [0.717, 1.165) is 47.2 Å². The number of unbranched alkanes of at least 4 members (excludes halogenated alkanes) is 1. The molecule has 0 spiro atoms. The molecule has 2 heteroatoms. The Morgan fingerprint density at radius 1 is 0.769 bits per heavy atom. The molecule has 0 aliphatic rings.